The van der Waals surface area contributed by atoms with Gasteiger partial charge in [-0.1, -0.05) is 37.1 Å². The van der Waals surface area contributed by atoms with Crippen LogP contribution in [0.4, 0.5) is 0 Å². The second-order valence-corrected chi connectivity index (χ2v) is 10.5. The lowest BCUT2D eigenvalue weighted by atomic mass is 9.62. The number of hydrogen-bond donors (Lipinski definition) is 1. The van der Waals surface area contributed by atoms with Crippen LogP contribution < -0.4 is 0 Å². The van der Waals surface area contributed by atoms with E-state index >= 15 is 0 Å². The summed E-state index contributed by atoms with van der Waals surface area (Å²) in [5.74, 6) is -0.784. The monoisotopic (exact) mass is 398 g/mol. The molecule has 2 fully saturated rings. The predicted octanol–water partition coefficient (Wildman–Crippen LogP) is 5.10. The highest BCUT2D eigenvalue weighted by molar-refractivity contribution is 6.04. The zero-order chi connectivity index (χ0) is 21.1. The van der Waals surface area contributed by atoms with Gasteiger partial charge in [0.25, 0.3) is 0 Å². The molecule has 1 heterocycles. The third kappa shape index (κ3) is 3.15. The van der Waals surface area contributed by atoms with E-state index in [1.54, 1.807) is 6.08 Å². The molecule has 1 spiro atoms. The molecule has 4 nitrogen and oxygen atoms in total. The molecule has 3 aliphatic carbocycles. The summed E-state index contributed by atoms with van der Waals surface area (Å²) in [6.07, 6.45) is 10.6. The molecule has 0 aromatic carbocycles. The second kappa shape index (κ2) is 6.94. The molecule has 4 heteroatoms. The van der Waals surface area contributed by atoms with Crippen molar-refractivity contribution in [2.45, 2.75) is 78.4 Å². The Morgan fingerprint density at radius 1 is 1.31 bits per heavy atom. The molecule has 4 aliphatic rings. The van der Waals surface area contributed by atoms with Crippen molar-refractivity contribution < 1.29 is 19.4 Å². The Labute approximate surface area is 174 Å². The van der Waals surface area contributed by atoms with Crippen LogP contribution >= 0.6 is 0 Å². The molecule has 1 N–H and O–H groups in total. The van der Waals surface area contributed by atoms with Gasteiger partial charge in [0.1, 0.15) is 0 Å². The Morgan fingerprint density at radius 3 is 2.69 bits per heavy atom. The highest BCUT2D eigenvalue weighted by Crippen LogP contribution is 2.63. The molecule has 1 aliphatic heterocycles. The maximum atomic E-state index is 12.6. The summed E-state index contributed by atoms with van der Waals surface area (Å²) in [4.78, 5) is 24.7. The minimum absolute atomic E-state index is 0.00177. The fourth-order valence-electron chi connectivity index (χ4n) is 6.97. The Bertz CT molecular complexity index is 830. The minimum atomic E-state index is -0.949. The van der Waals surface area contributed by atoms with E-state index in [9.17, 15) is 14.7 Å². The Kier molecular flexibility index (Phi) is 4.92. The van der Waals surface area contributed by atoms with Gasteiger partial charge >= 0.3 is 5.97 Å². The molecule has 158 valence electrons. The Morgan fingerprint density at radius 2 is 2.03 bits per heavy atom. The number of ether oxygens (including phenoxy) is 1. The van der Waals surface area contributed by atoms with Crippen molar-refractivity contribution in [3.05, 3.63) is 34.9 Å². The molecule has 0 unspecified atom stereocenters. The molecule has 4 rings (SSSR count). The van der Waals surface area contributed by atoms with Crippen molar-refractivity contribution in [3.63, 3.8) is 0 Å². The van der Waals surface area contributed by atoms with Gasteiger partial charge in [-0.05, 0) is 82.1 Å². The maximum Gasteiger partial charge on any atom is 0.332 e. The van der Waals surface area contributed by atoms with E-state index in [0.29, 0.717) is 17.9 Å². The lowest BCUT2D eigenvalue weighted by molar-refractivity contribution is -0.135. The summed E-state index contributed by atoms with van der Waals surface area (Å²) in [5, 5.41) is 9.88. The first kappa shape index (κ1) is 20.6. The summed E-state index contributed by atoms with van der Waals surface area (Å²) in [6.45, 7) is 10.9. The van der Waals surface area contributed by atoms with E-state index in [2.05, 4.69) is 33.8 Å². The SMILES string of the molecule is CC(C)=C[C@H]1C[C@H](C)[C@]2(CC[C@]3(C)C[C@@H]4C(C)=CC(=O)[C@H]4C(C(=O)O)=CC[C@H]32)O1. The van der Waals surface area contributed by atoms with Crippen LogP contribution in [0.15, 0.2) is 34.9 Å². The Hall–Kier alpha value is -1.68. The minimum Gasteiger partial charge on any atom is -0.478 e. The van der Waals surface area contributed by atoms with Crippen LogP contribution in [0.25, 0.3) is 0 Å². The first-order valence-electron chi connectivity index (χ1n) is 11.1. The quantitative estimate of drug-likeness (QED) is 0.658. The fourth-order valence-corrected chi connectivity index (χ4v) is 6.97. The number of carbonyl (C=O) groups excluding carboxylic acids is 1. The molecule has 0 aromatic heterocycles. The predicted molar refractivity (Wildman–Crippen MR) is 112 cm³/mol. The maximum absolute atomic E-state index is 12.6. The van der Waals surface area contributed by atoms with Crippen molar-refractivity contribution in [2.75, 3.05) is 0 Å². The van der Waals surface area contributed by atoms with Crippen LogP contribution in [0.3, 0.4) is 0 Å². The van der Waals surface area contributed by atoms with Gasteiger partial charge in [-0.25, -0.2) is 4.79 Å². The first-order valence-corrected chi connectivity index (χ1v) is 11.1. The van der Waals surface area contributed by atoms with Crippen LogP contribution in [0, 0.1) is 29.1 Å². The topological polar surface area (TPSA) is 63.6 Å². The standard InChI is InChI=1S/C25H34O4/c1-14(2)10-17-12-16(4)25(29-17)9-8-24(5)13-19-15(3)11-20(26)22(19)18(23(27)28)6-7-21(24)25/h6,10-11,16-17,19,21-22H,7-9,12-13H2,1-5H3,(H,27,28)/t16-,17-,19+,21+,22-,24+,25-/m0/s1. The number of rotatable bonds is 2. The summed E-state index contributed by atoms with van der Waals surface area (Å²) >= 11 is 0. The zero-order valence-electron chi connectivity index (χ0n) is 18.3. The highest BCUT2D eigenvalue weighted by Gasteiger charge is 2.62. The van der Waals surface area contributed by atoms with Crippen LogP contribution in [0.2, 0.25) is 0 Å². The van der Waals surface area contributed by atoms with Gasteiger partial charge in [0, 0.05) is 5.57 Å². The summed E-state index contributed by atoms with van der Waals surface area (Å²) in [6, 6.07) is 0. The number of carboxylic acids is 1. The molecule has 1 saturated carbocycles. The molecular weight excluding hydrogens is 364 g/mol. The van der Waals surface area contributed by atoms with Crippen molar-refractivity contribution in [3.8, 4) is 0 Å². The second-order valence-electron chi connectivity index (χ2n) is 10.5. The Balaban J connectivity index is 1.75. The van der Waals surface area contributed by atoms with Crippen LogP contribution in [0.1, 0.15) is 66.7 Å². The van der Waals surface area contributed by atoms with E-state index in [1.165, 1.54) is 5.57 Å². The van der Waals surface area contributed by atoms with Gasteiger partial charge in [-0.2, -0.15) is 0 Å². The normalized spacial score (nSPS) is 43.9. The zero-order valence-corrected chi connectivity index (χ0v) is 18.3. The number of carbonyl (C=O) groups is 2. The smallest absolute Gasteiger partial charge is 0.332 e. The van der Waals surface area contributed by atoms with Crippen molar-refractivity contribution in [1.82, 2.24) is 0 Å². The molecule has 29 heavy (non-hydrogen) atoms. The van der Waals surface area contributed by atoms with E-state index < -0.39 is 11.9 Å². The number of aliphatic carboxylic acids is 1. The molecule has 0 aromatic rings. The van der Waals surface area contributed by atoms with E-state index in [-0.39, 0.29) is 34.7 Å². The average molecular weight is 399 g/mol. The number of fused-ring (bicyclic) bond motifs is 3. The first-order chi connectivity index (χ1) is 13.6. The molecular formula is C25H34O4. The van der Waals surface area contributed by atoms with Crippen LogP contribution in [0.5, 0.6) is 0 Å². The molecule has 0 radical (unpaired) electrons. The van der Waals surface area contributed by atoms with Gasteiger partial charge in [0.2, 0.25) is 0 Å². The van der Waals surface area contributed by atoms with Gasteiger partial charge in [0.05, 0.1) is 17.6 Å². The highest BCUT2D eigenvalue weighted by atomic mass is 16.5. The fraction of sp³-hybridized carbons (Fsp3) is 0.680. The summed E-state index contributed by atoms with van der Waals surface area (Å²) in [5.41, 5.74) is 2.47. The third-order valence-electron chi connectivity index (χ3n) is 8.33. The van der Waals surface area contributed by atoms with Gasteiger partial charge in [-0.15, -0.1) is 0 Å². The van der Waals surface area contributed by atoms with Crippen molar-refractivity contribution in [2.24, 2.45) is 29.1 Å². The average Bonchev–Trinajstić information content (AvgIpc) is 3.14. The summed E-state index contributed by atoms with van der Waals surface area (Å²) in [7, 11) is 0. The van der Waals surface area contributed by atoms with Crippen molar-refractivity contribution in [1.29, 1.82) is 0 Å². The van der Waals surface area contributed by atoms with Gasteiger partial charge in [-0.3, -0.25) is 4.79 Å². The number of ketones is 1. The van der Waals surface area contributed by atoms with Crippen LogP contribution in [-0.2, 0) is 14.3 Å². The lowest BCUT2D eigenvalue weighted by Gasteiger charge is -2.44. The van der Waals surface area contributed by atoms with E-state index in [0.717, 1.165) is 31.3 Å². The van der Waals surface area contributed by atoms with Crippen molar-refractivity contribution >= 4 is 11.8 Å². The van der Waals surface area contributed by atoms with Crippen LogP contribution in [-0.4, -0.2) is 28.6 Å². The molecule has 0 amide bonds. The van der Waals surface area contributed by atoms with Gasteiger partial charge in [0.15, 0.2) is 5.78 Å². The third-order valence-corrected chi connectivity index (χ3v) is 8.33. The summed E-state index contributed by atoms with van der Waals surface area (Å²) < 4.78 is 6.78. The molecule has 1 saturated heterocycles. The largest absolute Gasteiger partial charge is 0.478 e. The molecule has 7 atom stereocenters. The lowest BCUT2D eigenvalue weighted by Crippen LogP contribution is -2.45. The number of carboxylic acid groups (broad SMARTS) is 1. The number of hydrogen-bond acceptors (Lipinski definition) is 3. The van der Waals surface area contributed by atoms with E-state index in [1.807, 2.05) is 13.0 Å². The van der Waals surface area contributed by atoms with E-state index in [4.69, 9.17) is 4.74 Å². The molecule has 0 bridgehead atoms. The van der Waals surface area contributed by atoms with Gasteiger partial charge < -0.3 is 9.84 Å². The number of allylic oxidation sites excluding steroid dienone is 4.